The maximum atomic E-state index is 11.9. The summed E-state index contributed by atoms with van der Waals surface area (Å²) in [5.74, 6) is 0.143. The molecule has 0 unspecified atom stereocenters. The van der Waals surface area contributed by atoms with E-state index in [0.29, 0.717) is 31.7 Å². The van der Waals surface area contributed by atoms with Crippen LogP contribution in [0.3, 0.4) is 0 Å². The highest BCUT2D eigenvalue weighted by atomic mass is 16.5. The van der Waals surface area contributed by atoms with Gasteiger partial charge in [-0.2, -0.15) is 0 Å². The Hall–Kier alpha value is -1.88. The lowest BCUT2D eigenvalue weighted by molar-refractivity contribution is -0.128. The van der Waals surface area contributed by atoms with E-state index in [1.54, 1.807) is 7.11 Å². The molecule has 0 radical (unpaired) electrons. The number of nitrogens with one attached hydrogen (secondary N) is 1. The number of likely N-dealkylation sites (tertiary alicyclic amines) is 1. The van der Waals surface area contributed by atoms with E-state index in [9.17, 15) is 9.59 Å². The topological polar surface area (TPSA) is 58.6 Å². The number of hydrogen-bond acceptors (Lipinski definition) is 3. The predicted molar refractivity (Wildman–Crippen MR) is 79.9 cm³/mol. The maximum absolute atomic E-state index is 11.9. The molecule has 5 nitrogen and oxygen atoms in total. The average molecular weight is 290 g/mol. The van der Waals surface area contributed by atoms with Gasteiger partial charge >= 0.3 is 0 Å². The third-order valence-electron chi connectivity index (χ3n) is 3.57. The highest BCUT2D eigenvalue weighted by molar-refractivity contribution is 5.94. The zero-order valence-electron chi connectivity index (χ0n) is 12.4. The van der Waals surface area contributed by atoms with Crippen LogP contribution in [-0.2, 0) is 16.1 Å². The Kier molecular flexibility index (Phi) is 5.75. The number of nitrogens with zero attached hydrogens (tertiary/aromatic N) is 1. The van der Waals surface area contributed by atoms with Crippen LogP contribution < -0.4 is 5.32 Å². The highest BCUT2D eigenvalue weighted by Crippen LogP contribution is 2.14. The molecule has 1 aliphatic heterocycles. The molecule has 5 heteroatoms. The molecule has 0 aliphatic carbocycles. The third kappa shape index (κ3) is 4.56. The maximum Gasteiger partial charge on any atom is 0.251 e. The van der Waals surface area contributed by atoms with Crippen molar-refractivity contribution >= 4 is 11.8 Å². The molecule has 0 bridgehead atoms. The molecule has 1 saturated heterocycles. The van der Waals surface area contributed by atoms with E-state index in [2.05, 4.69) is 5.32 Å². The van der Waals surface area contributed by atoms with E-state index in [4.69, 9.17) is 4.74 Å². The van der Waals surface area contributed by atoms with Gasteiger partial charge in [0.15, 0.2) is 0 Å². The molecule has 0 spiro atoms. The molecule has 2 rings (SSSR count). The van der Waals surface area contributed by atoms with Gasteiger partial charge in [-0.15, -0.1) is 0 Å². The minimum Gasteiger partial charge on any atom is -0.385 e. The van der Waals surface area contributed by atoms with Crippen molar-refractivity contribution in [3.63, 3.8) is 0 Å². The van der Waals surface area contributed by atoms with Crippen molar-refractivity contribution in [1.29, 1.82) is 0 Å². The van der Waals surface area contributed by atoms with E-state index in [0.717, 1.165) is 24.9 Å². The summed E-state index contributed by atoms with van der Waals surface area (Å²) in [6.07, 6.45) is 2.40. The molecule has 1 heterocycles. The van der Waals surface area contributed by atoms with E-state index >= 15 is 0 Å². The molecule has 1 aromatic carbocycles. The molecule has 21 heavy (non-hydrogen) atoms. The fourth-order valence-electron chi connectivity index (χ4n) is 2.37. The molecule has 1 aromatic rings. The van der Waals surface area contributed by atoms with E-state index in [-0.39, 0.29) is 11.8 Å². The Morgan fingerprint density at radius 3 is 2.71 bits per heavy atom. The van der Waals surface area contributed by atoms with Gasteiger partial charge in [0.2, 0.25) is 5.91 Å². The molecule has 1 N–H and O–H groups in total. The van der Waals surface area contributed by atoms with Gasteiger partial charge in [-0.25, -0.2) is 0 Å². The average Bonchev–Trinajstić information content (AvgIpc) is 2.89. The molecule has 2 amide bonds. The number of methoxy groups -OCH3 is 1. The second kappa shape index (κ2) is 7.78. The zero-order chi connectivity index (χ0) is 15.1. The quantitative estimate of drug-likeness (QED) is 0.776. The van der Waals surface area contributed by atoms with Crippen molar-refractivity contribution in [1.82, 2.24) is 10.2 Å². The Labute approximate surface area is 125 Å². The lowest BCUT2D eigenvalue weighted by Crippen LogP contribution is -2.25. The van der Waals surface area contributed by atoms with E-state index in [1.165, 1.54) is 0 Å². The van der Waals surface area contributed by atoms with Crippen LogP contribution in [0.25, 0.3) is 0 Å². The third-order valence-corrected chi connectivity index (χ3v) is 3.57. The normalized spacial score (nSPS) is 14.5. The Morgan fingerprint density at radius 1 is 1.33 bits per heavy atom. The number of carbonyl (C=O) groups is 2. The number of ether oxygens (including phenoxy) is 1. The van der Waals surface area contributed by atoms with Gasteiger partial charge in [-0.1, -0.05) is 12.1 Å². The SMILES string of the molecule is COCCCNC(=O)c1ccc(CN2CCCC2=O)cc1. The Bertz CT molecular complexity index is 485. The smallest absolute Gasteiger partial charge is 0.251 e. The number of benzene rings is 1. The van der Waals surface area contributed by atoms with Crippen molar-refractivity contribution in [3.8, 4) is 0 Å². The van der Waals surface area contributed by atoms with Crippen molar-refractivity contribution in [2.45, 2.75) is 25.8 Å². The van der Waals surface area contributed by atoms with Crippen LogP contribution in [-0.4, -0.2) is 43.5 Å². The van der Waals surface area contributed by atoms with E-state index in [1.807, 2.05) is 29.2 Å². The second-order valence-corrected chi connectivity index (χ2v) is 5.22. The first kappa shape index (κ1) is 15.5. The zero-order valence-corrected chi connectivity index (χ0v) is 12.4. The van der Waals surface area contributed by atoms with Crippen LogP contribution in [0, 0.1) is 0 Å². The van der Waals surface area contributed by atoms with Crippen LogP contribution in [0.2, 0.25) is 0 Å². The summed E-state index contributed by atoms with van der Waals surface area (Å²) in [5.41, 5.74) is 1.70. The molecule has 0 aromatic heterocycles. The van der Waals surface area contributed by atoms with Crippen molar-refractivity contribution < 1.29 is 14.3 Å². The standard InChI is InChI=1S/C16H22N2O3/c1-21-11-3-9-17-16(20)14-7-5-13(6-8-14)12-18-10-2-4-15(18)19/h5-8H,2-4,9-12H2,1H3,(H,17,20). The largest absolute Gasteiger partial charge is 0.385 e. The highest BCUT2D eigenvalue weighted by Gasteiger charge is 2.19. The molecule has 1 aliphatic rings. The molecule has 0 saturated carbocycles. The van der Waals surface area contributed by atoms with Gasteiger partial charge in [0.25, 0.3) is 5.91 Å². The van der Waals surface area contributed by atoms with Crippen LogP contribution in [0.15, 0.2) is 24.3 Å². The number of hydrogen-bond donors (Lipinski definition) is 1. The van der Waals surface area contributed by atoms with Crippen LogP contribution in [0.4, 0.5) is 0 Å². The first-order chi connectivity index (χ1) is 10.2. The summed E-state index contributed by atoms with van der Waals surface area (Å²) < 4.78 is 4.93. The minimum absolute atomic E-state index is 0.0742. The molecular weight excluding hydrogens is 268 g/mol. The summed E-state index contributed by atoms with van der Waals surface area (Å²) in [5, 5.41) is 2.85. The van der Waals surface area contributed by atoms with Crippen LogP contribution >= 0.6 is 0 Å². The van der Waals surface area contributed by atoms with E-state index < -0.39 is 0 Å². The van der Waals surface area contributed by atoms with Gasteiger partial charge in [-0.05, 0) is 30.5 Å². The number of carbonyl (C=O) groups excluding carboxylic acids is 2. The monoisotopic (exact) mass is 290 g/mol. The number of amides is 2. The van der Waals surface area contributed by atoms with Crippen LogP contribution in [0.1, 0.15) is 35.2 Å². The van der Waals surface area contributed by atoms with Gasteiger partial charge in [0.05, 0.1) is 0 Å². The van der Waals surface area contributed by atoms with Crippen molar-refractivity contribution in [2.75, 3.05) is 26.8 Å². The summed E-state index contributed by atoms with van der Waals surface area (Å²) in [6, 6.07) is 7.44. The van der Waals surface area contributed by atoms with Gasteiger partial charge in [0, 0.05) is 45.3 Å². The van der Waals surface area contributed by atoms with Gasteiger partial charge < -0.3 is 15.0 Å². The van der Waals surface area contributed by atoms with Gasteiger partial charge in [-0.3, -0.25) is 9.59 Å². The summed E-state index contributed by atoms with van der Waals surface area (Å²) >= 11 is 0. The Balaban J connectivity index is 1.83. The first-order valence-corrected chi connectivity index (χ1v) is 7.34. The fraction of sp³-hybridized carbons (Fsp3) is 0.500. The molecule has 114 valence electrons. The lowest BCUT2D eigenvalue weighted by Gasteiger charge is -2.15. The second-order valence-electron chi connectivity index (χ2n) is 5.22. The van der Waals surface area contributed by atoms with Crippen LogP contribution in [0.5, 0.6) is 0 Å². The first-order valence-electron chi connectivity index (χ1n) is 7.34. The lowest BCUT2D eigenvalue weighted by atomic mass is 10.1. The summed E-state index contributed by atoms with van der Waals surface area (Å²) in [4.78, 5) is 25.3. The molecular formula is C16H22N2O3. The summed E-state index contributed by atoms with van der Waals surface area (Å²) in [7, 11) is 1.64. The minimum atomic E-state index is -0.0742. The predicted octanol–water partition coefficient (Wildman–Crippen LogP) is 1.58. The van der Waals surface area contributed by atoms with Crippen molar-refractivity contribution in [3.05, 3.63) is 35.4 Å². The van der Waals surface area contributed by atoms with Crippen molar-refractivity contribution in [2.24, 2.45) is 0 Å². The fourth-order valence-corrected chi connectivity index (χ4v) is 2.37. The summed E-state index contributed by atoms with van der Waals surface area (Å²) in [6.45, 7) is 2.72. The molecule has 1 fully saturated rings. The Morgan fingerprint density at radius 2 is 2.10 bits per heavy atom. The van der Waals surface area contributed by atoms with Gasteiger partial charge in [0.1, 0.15) is 0 Å². The molecule has 0 atom stereocenters. The number of rotatable bonds is 7.